The maximum atomic E-state index is 12.7. The van der Waals surface area contributed by atoms with E-state index in [9.17, 15) is 4.39 Å². The second-order valence-corrected chi connectivity index (χ2v) is 4.69. The Morgan fingerprint density at radius 2 is 2.00 bits per heavy atom. The van der Waals surface area contributed by atoms with E-state index in [1.807, 2.05) is 31.2 Å². The largest absolute Gasteiger partial charge is 0.384 e. The van der Waals surface area contributed by atoms with E-state index < -0.39 is 18.8 Å². The number of nitrogens with zero attached hydrogens (tertiary/aromatic N) is 2. The molecule has 108 valence electrons. The van der Waals surface area contributed by atoms with E-state index in [-0.39, 0.29) is 0 Å². The SMILES string of the molecule is CO[C@H](c1ccc(-n2nc(C)cc2N)cc1)[C@H](N)CF. The minimum absolute atomic E-state index is 0.467. The maximum absolute atomic E-state index is 12.7. The van der Waals surface area contributed by atoms with Crippen LogP contribution in [-0.2, 0) is 4.74 Å². The summed E-state index contributed by atoms with van der Waals surface area (Å²) in [6.45, 7) is 1.24. The first-order chi connectivity index (χ1) is 9.56. The van der Waals surface area contributed by atoms with Crippen molar-refractivity contribution < 1.29 is 9.13 Å². The normalized spacial score (nSPS) is 14.2. The van der Waals surface area contributed by atoms with Crippen molar-refractivity contribution in [2.45, 2.75) is 19.1 Å². The van der Waals surface area contributed by atoms with Gasteiger partial charge in [0.1, 0.15) is 12.5 Å². The summed E-state index contributed by atoms with van der Waals surface area (Å²) in [5.41, 5.74) is 14.1. The molecule has 6 heteroatoms. The van der Waals surface area contributed by atoms with Gasteiger partial charge in [-0.05, 0) is 24.6 Å². The van der Waals surface area contributed by atoms with E-state index in [0.717, 1.165) is 16.9 Å². The van der Waals surface area contributed by atoms with Crippen molar-refractivity contribution in [3.05, 3.63) is 41.6 Å². The average Bonchev–Trinajstić information content (AvgIpc) is 2.79. The van der Waals surface area contributed by atoms with Crippen molar-refractivity contribution in [1.82, 2.24) is 9.78 Å². The number of hydrogen-bond acceptors (Lipinski definition) is 4. The second-order valence-electron chi connectivity index (χ2n) is 4.69. The van der Waals surface area contributed by atoms with E-state index in [1.54, 1.807) is 10.7 Å². The fourth-order valence-corrected chi connectivity index (χ4v) is 2.17. The summed E-state index contributed by atoms with van der Waals surface area (Å²) in [6, 6.07) is 8.52. The topological polar surface area (TPSA) is 79.1 Å². The summed E-state index contributed by atoms with van der Waals surface area (Å²) in [5.74, 6) is 0.569. The number of nitrogens with two attached hydrogens (primary N) is 2. The lowest BCUT2D eigenvalue weighted by Gasteiger charge is -2.20. The van der Waals surface area contributed by atoms with Crippen LogP contribution < -0.4 is 11.5 Å². The lowest BCUT2D eigenvalue weighted by Crippen LogP contribution is -2.31. The molecule has 0 fully saturated rings. The fourth-order valence-electron chi connectivity index (χ4n) is 2.17. The van der Waals surface area contributed by atoms with Gasteiger partial charge < -0.3 is 16.2 Å². The molecule has 2 rings (SSSR count). The zero-order valence-electron chi connectivity index (χ0n) is 11.6. The van der Waals surface area contributed by atoms with Gasteiger partial charge in [-0.2, -0.15) is 5.10 Å². The van der Waals surface area contributed by atoms with E-state index in [2.05, 4.69) is 5.10 Å². The van der Waals surface area contributed by atoms with Gasteiger partial charge >= 0.3 is 0 Å². The number of hydrogen-bond donors (Lipinski definition) is 2. The molecule has 0 unspecified atom stereocenters. The zero-order valence-corrected chi connectivity index (χ0v) is 11.6. The number of halogens is 1. The molecular weight excluding hydrogens is 259 g/mol. The van der Waals surface area contributed by atoms with Gasteiger partial charge in [-0.25, -0.2) is 9.07 Å². The Labute approximate surface area is 117 Å². The molecule has 1 aromatic heterocycles. The summed E-state index contributed by atoms with van der Waals surface area (Å²) in [4.78, 5) is 0. The van der Waals surface area contributed by atoms with E-state index in [1.165, 1.54) is 7.11 Å². The molecule has 0 aliphatic carbocycles. The van der Waals surface area contributed by atoms with Crippen LogP contribution in [0.2, 0.25) is 0 Å². The van der Waals surface area contributed by atoms with E-state index in [0.29, 0.717) is 5.82 Å². The molecule has 1 heterocycles. The molecule has 0 radical (unpaired) electrons. The summed E-state index contributed by atoms with van der Waals surface area (Å²) in [7, 11) is 1.52. The number of benzene rings is 1. The summed E-state index contributed by atoms with van der Waals surface area (Å²) in [5, 5.41) is 4.30. The smallest absolute Gasteiger partial charge is 0.127 e. The molecule has 0 saturated carbocycles. The quantitative estimate of drug-likeness (QED) is 0.873. The van der Waals surface area contributed by atoms with Crippen LogP contribution in [-0.4, -0.2) is 29.6 Å². The van der Waals surface area contributed by atoms with Crippen molar-refractivity contribution in [2.24, 2.45) is 5.73 Å². The van der Waals surface area contributed by atoms with Crippen molar-refractivity contribution in [3.8, 4) is 5.69 Å². The van der Waals surface area contributed by atoms with Gasteiger partial charge in [0.15, 0.2) is 0 Å². The molecule has 1 aromatic carbocycles. The van der Waals surface area contributed by atoms with Crippen LogP contribution >= 0.6 is 0 Å². The lowest BCUT2D eigenvalue weighted by atomic mass is 10.0. The molecule has 0 aliphatic heterocycles. The van der Waals surface area contributed by atoms with Crippen LogP contribution in [0.1, 0.15) is 17.4 Å². The van der Waals surface area contributed by atoms with Crippen LogP contribution in [0.4, 0.5) is 10.2 Å². The Balaban J connectivity index is 2.28. The van der Waals surface area contributed by atoms with Crippen LogP contribution in [0.15, 0.2) is 30.3 Å². The number of alkyl halides is 1. The van der Waals surface area contributed by atoms with Crippen LogP contribution in [0, 0.1) is 6.92 Å². The van der Waals surface area contributed by atoms with E-state index in [4.69, 9.17) is 16.2 Å². The standard InChI is InChI=1S/C14H19FN4O/c1-9-7-13(17)19(18-9)11-5-3-10(4-6-11)14(20-2)12(16)8-15/h3-7,12,14H,8,16-17H2,1-2H3/t12-,14-/m1/s1. The lowest BCUT2D eigenvalue weighted by molar-refractivity contribution is 0.0721. The first kappa shape index (κ1) is 14.5. The highest BCUT2D eigenvalue weighted by atomic mass is 19.1. The van der Waals surface area contributed by atoms with Crippen molar-refractivity contribution in [2.75, 3.05) is 19.5 Å². The van der Waals surface area contributed by atoms with Gasteiger partial charge in [0.25, 0.3) is 0 Å². The van der Waals surface area contributed by atoms with Gasteiger partial charge in [0.05, 0.1) is 23.5 Å². The highest BCUT2D eigenvalue weighted by molar-refractivity contribution is 5.44. The molecule has 0 amide bonds. The number of anilines is 1. The van der Waals surface area contributed by atoms with Crippen LogP contribution in [0.3, 0.4) is 0 Å². The number of rotatable bonds is 5. The molecule has 0 saturated heterocycles. The highest BCUT2D eigenvalue weighted by Crippen LogP contribution is 2.22. The molecule has 2 atom stereocenters. The Morgan fingerprint density at radius 3 is 2.45 bits per heavy atom. The Bertz CT molecular complexity index is 567. The number of nitrogen functional groups attached to an aromatic ring is 1. The molecule has 0 spiro atoms. The van der Waals surface area contributed by atoms with E-state index >= 15 is 0 Å². The predicted molar refractivity (Wildman–Crippen MR) is 76.4 cm³/mol. The van der Waals surface area contributed by atoms with Gasteiger partial charge in [0.2, 0.25) is 0 Å². The first-order valence-electron chi connectivity index (χ1n) is 6.33. The monoisotopic (exact) mass is 278 g/mol. The van der Waals surface area contributed by atoms with Crippen molar-refractivity contribution in [1.29, 1.82) is 0 Å². The van der Waals surface area contributed by atoms with Gasteiger partial charge in [-0.3, -0.25) is 0 Å². The Hall–Kier alpha value is -1.92. The third kappa shape index (κ3) is 2.81. The molecule has 20 heavy (non-hydrogen) atoms. The maximum Gasteiger partial charge on any atom is 0.127 e. The minimum atomic E-state index is -0.678. The number of ether oxygens (including phenoxy) is 1. The Morgan fingerprint density at radius 1 is 1.35 bits per heavy atom. The molecule has 5 nitrogen and oxygen atoms in total. The molecule has 4 N–H and O–H groups in total. The third-order valence-electron chi connectivity index (χ3n) is 3.15. The summed E-state index contributed by atoms with van der Waals surface area (Å²) in [6.07, 6.45) is -0.467. The third-order valence-corrected chi connectivity index (χ3v) is 3.15. The minimum Gasteiger partial charge on any atom is -0.384 e. The van der Waals surface area contributed by atoms with Gasteiger partial charge in [-0.1, -0.05) is 12.1 Å². The van der Waals surface area contributed by atoms with Crippen molar-refractivity contribution >= 4 is 5.82 Å². The molecular formula is C14H19FN4O. The zero-order chi connectivity index (χ0) is 14.7. The van der Waals surface area contributed by atoms with Gasteiger partial charge in [0, 0.05) is 13.2 Å². The Kier molecular flexibility index (Phi) is 4.36. The van der Waals surface area contributed by atoms with Gasteiger partial charge in [-0.15, -0.1) is 0 Å². The number of aromatic nitrogens is 2. The summed E-state index contributed by atoms with van der Waals surface area (Å²) >= 11 is 0. The fraction of sp³-hybridized carbons (Fsp3) is 0.357. The summed E-state index contributed by atoms with van der Waals surface area (Å²) < 4.78 is 19.6. The van der Waals surface area contributed by atoms with Crippen LogP contribution in [0.25, 0.3) is 5.69 Å². The number of aryl methyl sites for hydroxylation is 1. The van der Waals surface area contributed by atoms with Crippen LogP contribution in [0.5, 0.6) is 0 Å². The highest BCUT2D eigenvalue weighted by Gasteiger charge is 2.19. The predicted octanol–water partition coefficient (Wildman–Crippen LogP) is 1.75. The molecule has 0 aliphatic rings. The first-order valence-corrected chi connectivity index (χ1v) is 6.33. The number of methoxy groups -OCH3 is 1. The molecule has 0 bridgehead atoms. The average molecular weight is 278 g/mol. The van der Waals surface area contributed by atoms with Crippen molar-refractivity contribution in [3.63, 3.8) is 0 Å². The second kappa shape index (κ2) is 6.02. The molecule has 2 aromatic rings.